The standard InChI is InChI=1S/C15H18O3/c1-11-9-13(16)5-8-15(11)18-10-12-3-6-14(17-2)7-4-12/h3-8,11,15H,9-10H2,1-2H3/t11-,15+/m1/s1. The third kappa shape index (κ3) is 3.20. The Labute approximate surface area is 107 Å². The molecule has 1 aliphatic rings. The fourth-order valence-corrected chi connectivity index (χ4v) is 2.03. The number of hydrogen-bond donors (Lipinski definition) is 0. The first kappa shape index (κ1) is 12.8. The van der Waals surface area contributed by atoms with Crippen LogP contribution in [0.4, 0.5) is 0 Å². The second-order valence-corrected chi connectivity index (χ2v) is 4.63. The smallest absolute Gasteiger partial charge is 0.155 e. The van der Waals surface area contributed by atoms with Crippen molar-refractivity contribution in [1.29, 1.82) is 0 Å². The average molecular weight is 246 g/mol. The van der Waals surface area contributed by atoms with Gasteiger partial charge in [-0.25, -0.2) is 0 Å². The number of hydrogen-bond acceptors (Lipinski definition) is 3. The lowest BCUT2D eigenvalue weighted by Crippen LogP contribution is -2.25. The quantitative estimate of drug-likeness (QED) is 0.819. The fourth-order valence-electron chi connectivity index (χ4n) is 2.03. The van der Waals surface area contributed by atoms with Gasteiger partial charge >= 0.3 is 0 Å². The van der Waals surface area contributed by atoms with Gasteiger partial charge in [-0.15, -0.1) is 0 Å². The summed E-state index contributed by atoms with van der Waals surface area (Å²) in [6, 6.07) is 7.81. The zero-order valence-corrected chi connectivity index (χ0v) is 10.8. The molecule has 1 aromatic carbocycles. The maximum atomic E-state index is 11.2. The third-order valence-corrected chi connectivity index (χ3v) is 3.16. The first-order chi connectivity index (χ1) is 8.69. The van der Waals surface area contributed by atoms with Gasteiger partial charge in [0.2, 0.25) is 0 Å². The summed E-state index contributed by atoms with van der Waals surface area (Å²) in [6.45, 7) is 2.59. The summed E-state index contributed by atoms with van der Waals surface area (Å²) in [5.41, 5.74) is 1.10. The highest BCUT2D eigenvalue weighted by atomic mass is 16.5. The lowest BCUT2D eigenvalue weighted by atomic mass is 9.92. The molecule has 0 fully saturated rings. The van der Waals surface area contributed by atoms with Crippen LogP contribution in [0.3, 0.4) is 0 Å². The highest BCUT2D eigenvalue weighted by molar-refractivity contribution is 5.90. The molecule has 0 N–H and O–H groups in total. The molecule has 0 aromatic heterocycles. The van der Waals surface area contributed by atoms with Gasteiger partial charge in [-0.1, -0.05) is 25.1 Å². The Morgan fingerprint density at radius 1 is 1.28 bits per heavy atom. The van der Waals surface area contributed by atoms with Crippen LogP contribution in [-0.4, -0.2) is 19.0 Å². The lowest BCUT2D eigenvalue weighted by Gasteiger charge is -2.23. The van der Waals surface area contributed by atoms with E-state index in [1.54, 1.807) is 13.2 Å². The van der Waals surface area contributed by atoms with Crippen molar-refractivity contribution < 1.29 is 14.3 Å². The SMILES string of the molecule is COc1ccc(CO[C@H]2C=CC(=O)C[C@H]2C)cc1. The molecule has 3 heteroatoms. The monoisotopic (exact) mass is 246 g/mol. The number of carbonyl (C=O) groups is 1. The predicted molar refractivity (Wildman–Crippen MR) is 69.5 cm³/mol. The van der Waals surface area contributed by atoms with E-state index in [9.17, 15) is 4.79 Å². The number of benzene rings is 1. The van der Waals surface area contributed by atoms with E-state index in [0.717, 1.165) is 11.3 Å². The van der Waals surface area contributed by atoms with Crippen molar-refractivity contribution in [3.05, 3.63) is 42.0 Å². The summed E-state index contributed by atoms with van der Waals surface area (Å²) >= 11 is 0. The van der Waals surface area contributed by atoms with E-state index in [4.69, 9.17) is 9.47 Å². The minimum atomic E-state index is 0.0322. The minimum Gasteiger partial charge on any atom is -0.497 e. The van der Waals surface area contributed by atoms with E-state index >= 15 is 0 Å². The summed E-state index contributed by atoms with van der Waals surface area (Å²) in [7, 11) is 1.65. The van der Waals surface area contributed by atoms with E-state index in [1.165, 1.54) is 0 Å². The zero-order chi connectivity index (χ0) is 13.0. The molecule has 0 heterocycles. The Morgan fingerprint density at radius 3 is 2.61 bits per heavy atom. The van der Waals surface area contributed by atoms with E-state index in [-0.39, 0.29) is 17.8 Å². The summed E-state index contributed by atoms with van der Waals surface area (Å²) in [5, 5.41) is 0. The van der Waals surface area contributed by atoms with Crippen LogP contribution in [0.5, 0.6) is 5.75 Å². The predicted octanol–water partition coefficient (Wildman–Crippen LogP) is 2.75. The molecule has 0 aliphatic heterocycles. The number of ketones is 1. The molecule has 3 nitrogen and oxygen atoms in total. The molecule has 2 atom stereocenters. The van der Waals surface area contributed by atoms with E-state index in [0.29, 0.717) is 13.0 Å². The number of ether oxygens (including phenoxy) is 2. The Kier molecular flexibility index (Phi) is 4.15. The van der Waals surface area contributed by atoms with E-state index < -0.39 is 0 Å². The summed E-state index contributed by atoms with van der Waals surface area (Å²) in [4.78, 5) is 11.2. The zero-order valence-electron chi connectivity index (χ0n) is 10.8. The highest BCUT2D eigenvalue weighted by Gasteiger charge is 2.21. The Bertz CT molecular complexity index is 434. The fraction of sp³-hybridized carbons (Fsp3) is 0.400. The van der Waals surface area contributed by atoms with Gasteiger partial charge in [0.05, 0.1) is 19.8 Å². The highest BCUT2D eigenvalue weighted by Crippen LogP contribution is 2.20. The maximum absolute atomic E-state index is 11.2. The molecular formula is C15H18O3. The topological polar surface area (TPSA) is 35.5 Å². The lowest BCUT2D eigenvalue weighted by molar-refractivity contribution is -0.117. The van der Waals surface area contributed by atoms with Gasteiger partial charge in [0.15, 0.2) is 5.78 Å². The van der Waals surface area contributed by atoms with Crippen LogP contribution in [0.25, 0.3) is 0 Å². The molecule has 0 bridgehead atoms. The van der Waals surface area contributed by atoms with Gasteiger partial charge in [-0.3, -0.25) is 4.79 Å². The molecule has 0 spiro atoms. The Morgan fingerprint density at radius 2 is 2.00 bits per heavy atom. The summed E-state index contributed by atoms with van der Waals surface area (Å²) in [6.07, 6.45) is 4.09. The van der Waals surface area contributed by atoms with Gasteiger partial charge in [0.25, 0.3) is 0 Å². The van der Waals surface area contributed by atoms with Crippen molar-refractivity contribution >= 4 is 5.78 Å². The molecule has 2 rings (SSSR count). The molecule has 1 aliphatic carbocycles. The average Bonchev–Trinajstić information content (AvgIpc) is 2.38. The first-order valence-corrected chi connectivity index (χ1v) is 6.14. The van der Waals surface area contributed by atoms with Gasteiger partial charge in [-0.2, -0.15) is 0 Å². The van der Waals surface area contributed by atoms with Crippen LogP contribution in [-0.2, 0) is 16.1 Å². The third-order valence-electron chi connectivity index (χ3n) is 3.16. The van der Waals surface area contributed by atoms with Crippen molar-refractivity contribution in [2.45, 2.75) is 26.1 Å². The molecule has 0 radical (unpaired) electrons. The van der Waals surface area contributed by atoms with Crippen molar-refractivity contribution in [1.82, 2.24) is 0 Å². The van der Waals surface area contributed by atoms with Crippen LogP contribution in [0, 0.1) is 5.92 Å². The van der Waals surface area contributed by atoms with Crippen molar-refractivity contribution in [3.63, 3.8) is 0 Å². The van der Waals surface area contributed by atoms with Crippen molar-refractivity contribution in [2.24, 2.45) is 5.92 Å². The Hall–Kier alpha value is -1.61. The van der Waals surface area contributed by atoms with Crippen LogP contribution >= 0.6 is 0 Å². The first-order valence-electron chi connectivity index (χ1n) is 6.14. The van der Waals surface area contributed by atoms with E-state index in [2.05, 4.69) is 0 Å². The van der Waals surface area contributed by atoms with Crippen molar-refractivity contribution in [2.75, 3.05) is 7.11 Å². The number of carbonyl (C=O) groups excluding carboxylic acids is 1. The van der Waals surface area contributed by atoms with E-state index in [1.807, 2.05) is 37.3 Å². The molecule has 0 saturated carbocycles. The van der Waals surface area contributed by atoms with Gasteiger partial charge in [-0.05, 0) is 29.7 Å². The van der Waals surface area contributed by atoms with Crippen molar-refractivity contribution in [3.8, 4) is 5.75 Å². The van der Waals surface area contributed by atoms with Crippen LogP contribution in [0.15, 0.2) is 36.4 Å². The van der Waals surface area contributed by atoms with Gasteiger partial charge < -0.3 is 9.47 Å². The number of allylic oxidation sites excluding steroid dienone is 1. The molecule has 0 unspecified atom stereocenters. The summed E-state index contributed by atoms with van der Waals surface area (Å²) in [5.74, 6) is 1.28. The van der Waals surface area contributed by atoms with Crippen LogP contribution < -0.4 is 4.74 Å². The van der Waals surface area contributed by atoms with Gasteiger partial charge in [0.1, 0.15) is 5.75 Å². The van der Waals surface area contributed by atoms with Gasteiger partial charge in [0, 0.05) is 6.42 Å². The second kappa shape index (κ2) is 5.83. The molecular weight excluding hydrogens is 228 g/mol. The van der Waals surface area contributed by atoms with Crippen LogP contribution in [0.2, 0.25) is 0 Å². The Balaban J connectivity index is 1.90. The molecule has 96 valence electrons. The molecule has 18 heavy (non-hydrogen) atoms. The molecule has 0 saturated heterocycles. The maximum Gasteiger partial charge on any atom is 0.155 e. The largest absolute Gasteiger partial charge is 0.497 e. The number of rotatable bonds is 4. The summed E-state index contributed by atoms with van der Waals surface area (Å²) < 4.78 is 10.9. The molecule has 1 aromatic rings. The minimum absolute atomic E-state index is 0.0322. The second-order valence-electron chi connectivity index (χ2n) is 4.63. The van der Waals surface area contributed by atoms with Crippen LogP contribution in [0.1, 0.15) is 18.9 Å². The molecule has 0 amide bonds. The normalized spacial score (nSPS) is 23.1. The number of methoxy groups -OCH3 is 1.